The minimum Gasteiger partial charge on any atom is -0.336 e. The zero-order chi connectivity index (χ0) is 15.5. The van der Waals surface area contributed by atoms with Crippen molar-refractivity contribution in [2.24, 2.45) is 0 Å². The van der Waals surface area contributed by atoms with E-state index in [0.29, 0.717) is 6.54 Å². The number of rotatable bonds is 3. The predicted octanol–water partition coefficient (Wildman–Crippen LogP) is 2.97. The molecule has 116 valence electrons. The lowest BCUT2D eigenvalue weighted by molar-refractivity contribution is -0.137. The molecule has 1 aliphatic rings. The lowest BCUT2D eigenvalue weighted by Gasteiger charge is -2.24. The summed E-state index contributed by atoms with van der Waals surface area (Å²) < 4.78 is 37.7. The van der Waals surface area contributed by atoms with Gasteiger partial charge in [-0.3, -0.25) is 0 Å². The Morgan fingerprint density at radius 3 is 2.81 bits per heavy atom. The molecule has 1 unspecified atom stereocenters. The van der Waals surface area contributed by atoms with Crippen molar-refractivity contribution in [2.45, 2.75) is 31.5 Å². The summed E-state index contributed by atoms with van der Waals surface area (Å²) in [5, 5.41) is 8.39. The van der Waals surface area contributed by atoms with Gasteiger partial charge < -0.3 is 16.0 Å². The monoisotopic (exact) mass is 301 g/mol. The molecule has 3 N–H and O–H groups in total. The van der Waals surface area contributed by atoms with Crippen molar-refractivity contribution < 1.29 is 18.0 Å². The molecule has 0 saturated carbocycles. The number of halogens is 3. The summed E-state index contributed by atoms with van der Waals surface area (Å²) in [5.41, 5.74) is -0.817. The fourth-order valence-electron chi connectivity index (χ4n) is 2.33. The molecule has 1 saturated heterocycles. The van der Waals surface area contributed by atoms with Gasteiger partial charge in [-0.25, -0.2) is 4.79 Å². The van der Waals surface area contributed by atoms with Crippen molar-refractivity contribution >= 4 is 11.7 Å². The van der Waals surface area contributed by atoms with E-state index in [1.54, 1.807) is 0 Å². The lowest BCUT2D eigenvalue weighted by Crippen LogP contribution is -2.48. The second-order valence-electron chi connectivity index (χ2n) is 5.48. The minimum atomic E-state index is -4.42. The number of hydrogen-bond donors (Lipinski definition) is 3. The Hall–Kier alpha value is -1.76. The average molecular weight is 301 g/mol. The van der Waals surface area contributed by atoms with Gasteiger partial charge in [-0.15, -0.1) is 0 Å². The summed E-state index contributed by atoms with van der Waals surface area (Å²) in [4.78, 5) is 11.7. The molecule has 21 heavy (non-hydrogen) atoms. The number of nitrogens with one attached hydrogen (secondary N) is 3. The van der Waals surface area contributed by atoms with E-state index >= 15 is 0 Å². The van der Waals surface area contributed by atoms with Gasteiger partial charge in [0.15, 0.2) is 0 Å². The number of urea groups is 1. The predicted molar refractivity (Wildman–Crippen MR) is 74.1 cm³/mol. The molecular formula is C14H18F3N3O. The van der Waals surface area contributed by atoms with Crippen molar-refractivity contribution in [1.82, 2.24) is 10.6 Å². The van der Waals surface area contributed by atoms with Crippen molar-refractivity contribution in [1.29, 1.82) is 0 Å². The van der Waals surface area contributed by atoms with Gasteiger partial charge in [-0.1, -0.05) is 6.07 Å². The van der Waals surface area contributed by atoms with Crippen LogP contribution in [-0.2, 0) is 6.18 Å². The van der Waals surface area contributed by atoms with Crippen LogP contribution < -0.4 is 16.0 Å². The molecule has 0 spiro atoms. The first-order valence-corrected chi connectivity index (χ1v) is 6.76. The highest BCUT2D eigenvalue weighted by Crippen LogP contribution is 2.30. The van der Waals surface area contributed by atoms with E-state index in [4.69, 9.17) is 0 Å². The van der Waals surface area contributed by atoms with E-state index in [1.807, 2.05) is 6.92 Å². The standard InChI is InChI=1S/C14H18F3N3O/c1-13(6-3-7-19-13)9-18-12(21)20-11-5-2-4-10(8-11)14(15,16)17/h2,4-5,8,19H,3,6-7,9H2,1H3,(H2,18,20,21). The Bertz CT molecular complexity index is 510. The van der Waals surface area contributed by atoms with Crippen LogP contribution in [0.1, 0.15) is 25.3 Å². The maximum absolute atomic E-state index is 12.6. The van der Waals surface area contributed by atoms with Crippen molar-refractivity contribution in [3.05, 3.63) is 29.8 Å². The molecule has 1 fully saturated rings. The normalized spacial score (nSPS) is 22.1. The smallest absolute Gasteiger partial charge is 0.336 e. The number of carbonyl (C=O) groups excluding carboxylic acids is 1. The second kappa shape index (κ2) is 5.93. The maximum atomic E-state index is 12.6. The van der Waals surface area contributed by atoms with Crippen LogP contribution in [0.25, 0.3) is 0 Å². The molecule has 2 amide bonds. The van der Waals surface area contributed by atoms with Gasteiger partial charge in [0.05, 0.1) is 5.56 Å². The van der Waals surface area contributed by atoms with Crippen LogP contribution >= 0.6 is 0 Å². The van der Waals surface area contributed by atoms with E-state index < -0.39 is 17.8 Å². The zero-order valence-electron chi connectivity index (χ0n) is 11.7. The van der Waals surface area contributed by atoms with Crippen LogP contribution in [0.5, 0.6) is 0 Å². The third-order valence-corrected chi connectivity index (χ3v) is 3.54. The molecular weight excluding hydrogens is 283 g/mol. The Kier molecular flexibility index (Phi) is 4.41. The Morgan fingerprint density at radius 1 is 1.43 bits per heavy atom. The van der Waals surface area contributed by atoms with E-state index in [9.17, 15) is 18.0 Å². The second-order valence-corrected chi connectivity index (χ2v) is 5.48. The van der Waals surface area contributed by atoms with Crippen LogP contribution in [0.3, 0.4) is 0 Å². The first kappa shape index (κ1) is 15.6. The highest BCUT2D eigenvalue weighted by molar-refractivity contribution is 5.89. The number of carbonyl (C=O) groups is 1. The Morgan fingerprint density at radius 2 is 2.19 bits per heavy atom. The molecule has 0 aliphatic carbocycles. The number of benzene rings is 1. The molecule has 1 atom stereocenters. The molecule has 0 aromatic heterocycles. The SMILES string of the molecule is CC1(CNC(=O)Nc2cccc(C(F)(F)F)c2)CCCN1. The van der Waals surface area contributed by atoms with Crippen LogP contribution in [-0.4, -0.2) is 24.7 Å². The topological polar surface area (TPSA) is 53.2 Å². The fraction of sp³-hybridized carbons (Fsp3) is 0.500. The van der Waals surface area contributed by atoms with Crippen molar-refractivity contribution in [2.75, 3.05) is 18.4 Å². The average Bonchev–Trinajstić information content (AvgIpc) is 2.83. The molecule has 1 aromatic rings. The van der Waals surface area contributed by atoms with Gasteiger partial charge >= 0.3 is 12.2 Å². The summed E-state index contributed by atoms with van der Waals surface area (Å²) in [6.45, 7) is 3.34. The third kappa shape index (κ3) is 4.35. The van der Waals surface area contributed by atoms with Gasteiger partial charge in [-0.2, -0.15) is 13.2 Å². The number of anilines is 1. The van der Waals surface area contributed by atoms with Crippen molar-refractivity contribution in [3.8, 4) is 0 Å². The van der Waals surface area contributed by atoms with E-state index in [-0.39, 0.29) is 11.2 Å². The minimum absolute atomic E-state index is 0.117. The van der Waals surface area contributed by atoms with Gasteiger partial charge in [0.25, 0.3) is 0 Å². The van der Waals surface area contributed by atoms with Crippen LogP contribution in [0.2, 0.25) is 0 Å². The molecule has 4 nitrogen and oxygen atoms in total. The highest BCUT2D eigenvalue weighted by atomic mass is 19.4. The molecule has 1 aliphatic heterocycles. The maximum Gasteiger partial charge on any atom is 0.416 e. The summed E-state index contributed by atoms with van der Waals surface area (Å²) in [5.74, 6) is 0. The summed E-state index contributed by atoms with van der Waals surface area (Å²) in [7, 11) is 0. The summed E-state index contributed by atoms with van der Waals surface area (Å²) in [6.07, 6.45) is -2.42. The molecule has 0 bridgehead atoms. The first-order valence-electron chi connectivity index (χ1n) is 6.76. The summed E-state index contributed by atoms with van der Waals surface area (Å²) in [6, 6.07) is 4.05. The van der Waals surface area contributed by atoms with E-state index in [1.165, 1.54) is 12.1 Å². The van der Waals surface area contributed by atoms with E-state index in [2.05, 4.69) is 16.0 Å². The lowest BCUT2D eigenvalue weighted by atomic mass is 10.0. The number of alkyl halides is 3. The Balaban J connectivity index is 1.91. The van der Waals surface area contributed by atoms with Gasteiger partial charge in [-0.05, 0) is 44.5 Å². The fourth-order valence-corrected chi connectivity index (χ4v) is 2.33. The van der Waals surface area contributed by atoms with Gasteiger partial charge in [0.2, 0.25) is 0 Å². The zero-order valence-corrected chi connectivity index (χ0v) is 11.7. The highest BCUT2D eigenvalue weighted by Gasteiger charge is 2.31. The van der Waals surface area contributed by atoms with Crippen LogP contribution in [0.15, 0.2) is 24.3 Å². The third-order valence-electron chi connectivity index (χ3n) is 3.54. The molecule has 1 aromatic carbocycles. The quantitative estimate of drug-likeness (QED) is 0.804. The Labute approximate surface area is 121 Å². The van der Waals surface area contributed by atoms with Crippen molar-refractivity contribution in [3.63, 3.8) is 0 Å². The largest absolute Gasteiger partial charge is 0.416 e. The van der Waals surface area contributed by atoms with E-state index in [0.717, 1.165) is 31.5 Å². The molecule has 1 heterocycles. The molecule has 2 rings (SSSR count). The number of amides is 2. The van der Waals surface area contributed by atoms with Gasteiger partial charge in [0.1, 0.15) is 0 Å². The number of hydrogen-bond acceptors (Lipinski definition) is 2. The molecule has 7 heteroatoms. The van der Waals surface area contributed by atoms with Crippen LogP contribution in [0, 0.1) is 0 Å². The van der Waals surface area contributed by atoms with Crippen LogP contribution in [0.4, 0.5) is 23.7 Å². The van der Waals surface area contributed by atoms with Gasteiger partial charge in [0, 0.05) is 17.8 Å². The first-order chi connectivity index (χ1) is 9.78. The molecule has 0 radical (unpaired) electrons. The summed E-state index contributed by atoms with van der Waals surface area (Å²) >= 11 is 0.